The molecule has 0 aliphatic carbocycles. The fourth-order valence-corrected chi connectivity index (χ4v) is 1.88. The molecule has 0 spiro atoms. The van der Waals surface area contributed by atoms with E-state index in [1.54, 1.807) is 24.3 Å². The third kappa shape index (κ3) is 11.4. The predicted octanol–water partition coefficient (Wildman–Crippen LogP) is -2.95. The number of carboxylic acids is 2. The number of benzene rings is 1. The van der Waals surface area contributed by atoms with Crippen LogP contribution in [0.3, 0.4) is 0 Å². The number of nitrogens with one attached hydrogen (secondary N) is 1. The smallest absolute Gasteiger partial charge is 0.549 e. The number of hydrogen-bond donors (Lipinski definition) is 3. The molecule has 0 saturated heterocycles. The third-order valence-corrected chi connectivity index (χ3v) is 2.90. The van der Waals surface area contributed by atoms with Crippen LogP contribution in [-0.4, -0.2) is 48.4 Å². The van der Waals surface area contributed by atoms with Gasteiger partial charge in [-0.15, -0.1) is 24.8 Å². The molecule has 5 N–H and O–H groups in total. The van der Waals surface area contributed by atoms with Crippen molar-refractivity contribution in [1.29, 1.82) is 0 Å². The number of anilines is 1. The Balaban J connectivity index is -0.00000176. The number of carbonyl (C=O) groups is 3. The molecule has 0 aliphatic rings. The van der Waals surface area contributed by atoms with E-state index in [9.17, 15) is 24.6 Å². The van der Waals surface area contributed by atoms with E-state index in [0.717, 1.165) is 4.90 Å². The minimum absolute atomic E-state index is 0. The van der Waals surface area contributed by atoms with Crippen LogP contribution in [0.25, 0.3) is 0 Å². The first-order valence-electron chi connectivity index (χ1n) is 6.79. The summed E-state index contributed by atoms with van der Waals surface area (Å²) in [6, 6.07) is 5.66. The van der Waals surface area contributed by atoms with Gasteiger partial charge < -0.3 is 36.6 Å². The van der Waals surface area contributed by atoms with Gasteiger partial charge in [0.2, 0.25) is 5.91 Å². The molecule has 0 aromatic heterocycles. The maximum absolute atomic E-state index is 11.7. The molecule has 1 amide bonds. The molecular formula is C14H20Cl2N4O5Pt. The molecule has 1 aromatic rings. The molecule has 26 heavy (non-hydrogen) atoms. The molecule has 0 heterocycles. The average molecular weight is 590 g/mol. The van der Waals surface area contributed by atoms with Gasteiger partial charge in [-0.2, -0.15) is 0 Å². The largest absolute Gasteiger partial charge is 2.00 e. The summed E-state index contributed by atoms with van der Waals surface area (Å²) in [5, 5.41) is 23.9. The van der Waals surface area contributed by atoms with Crippen molar-refractivity contribution in [3.05, 3.63) is 29.8 Å². The van der Waals surface area contributed by atoms with Crippen LogP contribution in [0.5, 0.6) is 0 Å². The van der Waals surface area contributed by atoms with Gasteiger partial charge >= 0.3 is 21.1 Å². The third-order valence-electron chi connectivity index (χ3n) is 2.90. The summed E-state index contributed by atoms with van der Waals surface area (Å²) in [4.78, 5) is 34.1. The Kier molecular flexibility index (Phi) is 16.9. The van der Waals surface area contributed by atoms with Crippen LogP contribution in [0.15, 0.2) is 24.3 Å². The van der Waals surface area contributed by atoms with E-state index >= 15 is 0 Å². The summed E-state index contributed by atoms with van der Waals surface area (Å²) >= 11 is 0. The summed E-state index contributed by atoms with van der Waals surface area (Å²) in [6.07, 6.45) is 0. The van der Waals surface area contributed by atoms with Crippen LogP contribution < -0.4 is 27.0 Å². The second kappa shape index (κ2) is 14.9. The fraction of sp³-hybridized carbons (Fsp3) is 0.357. The molecule has 0 bridgehead atoms. The maximum atomic E-state index is 11.7. The normalized spacial score (nSPS) is 10.6. The molecule has 9 nitrogen and oxygen atoms in total. The van der Waals surface area contributed by atoms with Gasteiger partial charge in [0.1, 0.15) is 0 Å². The quantitative estimate of drug-likeness (QED) is 0.275. The molecule has 1 unspecified atom stereocenters. The zero-order valence-corrected chi connectivity index (χ0v) is 17.4. The monoisotopic (exact) mass is 589 g/mol. The summed E-state index contributed by atoms with van der Waals surface area (Å²) < 4.78 is 0. The Morgan fingerprint density at radius 1 is 1.12 bits per heavy atom. The molecule has 1 atom stereocenters. The molecule has 12 heteroatoms. The maximum Gasteiger partial charge on any atom is 2.00 e. The molecule has 0 aliphatic heterocycles. The Labute approximate surface area is 177 Å². The molecule has 1 aromatic carbocycles. The zero-order valence-electron chi connectivity index (χ0n) is 13.5. The Hall–Kier alpha value is -1.22. The Bertz CT molecular complexity index is 578. The van der Waals surface area contributed by atoms with Gasteiger partial charge in [-0.25, -0.2) is 0 Å². The molecular weight excluding hydrogens is 570 g/mol. The zero-order chi connectivity index (χ0) is 17.4. The number of halogens is 2. The minimum atomic E-state index is -1.40. The van der Waals surface area contributed by atoms with Gasteiger partial charge in [0.05, 0.1) is 18.0 Å². The number of amides is 1. The van der Waals surface area contributed by atoms with E-state index in [1.165, 1.54) is 0 Å². The van der Waals surface area contributed by atoms with Crippen molar-refractivity contribution < 1.29 is 45.7 Å². The summed E-state index contributed by atoms with van der Waals surface area (Å²) in [7, 11) is 0. The number of nitrogens with zero attached hydrogens (tertiary/aromatic N) is 1. The van der Waals surface area contributed by atoms with Crippen molar-refractivity contribution in [3.8, 4) is 0 Å². The van der Waals surface area contributed by atoms with Gasteiger partial charge in [0.15, 0.2) is 0 Å². The molecule has 0 radical (unpaired) electrons. The van der Waals surface area contributed by atoms with Crippen LogP contribution in [0, 0.1) is 0 Å². The summed E-state index contributed by atoms with van der Waals surface area (Å²) in [5.41, 5.74) is 11.8. The van der Waals surface area contributed by atoms with Crippen molar-refractivity contribution in [1.82, 2.24) is 4.90 Å². The number of rotatable bonds is 9. The van der Waals surface area contributed by atoms with Crippen LogP contribution in [0.4, 0.5) is 5.69 Å². The van der Waals surface area contributed by atoms with Crippen molar-refractivity contribution in [2.24, 2.45) is 11.5 Å². The predicted molar refractivity (Wildman–Crippen MR) is 91.9 cm³/mol. The summed E-state index contributed by atoms with van der Waals surface area (Å²) in [5.74, 6) is -3.25. The molecule has 0 fully saturated rings. The fourth-order valence-electron chi connectivity index (χ4n) is 1.88. The second-order valence-corrected chi connectivity index (χ2v) is 4.92. The van der Waals surface area contributed by atoms with Crippen molar-refractivity contribution in [2.75, 3.05) is 25.0 Å². The molecule has 150 valence electrons. The van der Waals surface area contributed by atoms with Crippen molar-refractivity contribution >= 4 is 48.3 Å². The van der Waals surface area contributed by atoms with Gasteiger partial charge in [0.25, 0.3) is 0 Å². The van der Waals surface area contributed by atoms with Gasteiger partial charge in [-0.1, -0.05) is 12.1 Å². The molecule has 0 saturated carbocycles. The number of nitrogens with two attached hydrogens (primary N) is 2. The van der Waals surface area contributed by atoms with Crippen LogP contribution in [-0.2, 0) is 42.0 Å². The van der Waals surface area contributed by atoms with Crippen molar-refractivity contribution in [2.45, 2.75) is 12.6 Å². The second-order valence-electron chi connectivity index (χ2n) is 4.92. The SMILES string of the molecule is Cl.Cl.NCC(N)C(=O)Nc1cccc(CN(CC(=O)[O-])CC(=O)[O-])c1.[Pt+2]. The van der Waals surface area contributed by atoms with Crippen molar-refractivity contribution in [3.63, 3.8) is 0 Å². The van der Waals surface area contributed by atoms with E-state index in [0.29, 0.717) is 11.3 Å². The average Bonchev–Trinajstić information content (AvgIpc) is 2.45. The molecule has 1 rings (SSSR count). The number of carboxylic acid groups (broad SMARTS) is 2. The van der Waals surface area contributed by atoms with Gasteiger partial charge in [-0.3, -0.25) is 9.69 Å². The summed E-state index contributed by atoms with van der Waals surface area (Å²) in [6.45, 7) is -1.07. The van der Waals surface area contributed by atoms with E-state index in [2.05, 4.69) is 5.32 Å². The topological polar surface area (TPSA) is 165 Å². The van der Waals surface area contributed by atoms with E-state index in [-0.39, 0.29) is 59.0 Å². The number of carbonyl (C=O) groups excluding carboxylic acids is 3. The minimum Gasteiger partial charge on any atom is -0.549 e. The van der Waals surface area contributed by atoms with Crippen LogP contribution in [0.1, 0.15) is 5.56 Å². The first kappa shape index (κ1) is 29.5. The number of hydrogen-bond acceptors (Lipinski definition) is 8. The van der Waals surface area contributed by atoms with Crippen LogP contribution in [0.2, 0.25) is 0 Å². The van der Waals surface area contributed by atoms with Gasteiger partial charge in [-0.05, 0) is 17.7 Å². The first-order valence-corrected chi connectivity index (χ1v) is 6.79. The Morgan fingerprint density at radius 3 is 2.12 bits per heavy atom. The van der Waals surface area contributed by atoms with E-state index in [1.807, 2.05) is 0 Å². The standard InChI is InChI=1S/C14H20N4O5.2ClH.Pt/c15-5-11(16)14(23)17-10-3-1-2-9(4-10)6-18(7-12(19)20)8-13(21)22;;;/h1-4,11H,5-8,15-16H2,(H,17,23)(H,19,20)(H,21,22);2*1H;/q;;;+2/p-2. The number of aliphatic carboxylic acids is 2. The Morgan fingerprint density at radius 2 is 1.65 bits per heavy atom. The van der Waals surface area contributed by atoms with Gasteiger partial charge in [0, 0.05) is 31.9 Å². The van der Waals surface area contributed by atoms with E-state index in [4.69, 9.17) is 11.5 Å². The first-order chi connectivity index (χ1) is 10.8. The van der Waals surface area contributed by atoms with Crippen LogP contribution >= 0.6 is 24.8 Å². The van der Waals surface area contributed by atoms with E-state index < -0.39 is 37.0 Å².